The van der Waals surface area contributed by atoms with Crippen molar-refractivity contribution in [3.8, 4) is 0 Å². The van der Waals surface area contributed by atoms with Gasteiger partial charge in [-0.2, -0.15) is 0 Å². The first kappa shape index (κ1) is 12.2. The summed E-state index contributed by atoms with van der Waals surface area (Å²) in [4.78, 5) is 12.7. The normalized spacial score (nSPS) is 10.1. The van der Waals surface area contributed by atoms with E-state index in [2.05, 4.69) is 0 Å². The Labute approximate surface area is 106 Å². The Morgan fingerprint density at radius 2 is 1.67 bits per heavy atom. The van der Waals surface area contributed by atoms with Crippen molar-refractivity contribution in [2.24, 2.45) is 0 Å². The van der Waals surface area contributed by atoms with E-state index in [4.69, 9.17) is 0 Å². The summed E-state index contributed by atoms with van der Waals surface area (Å²) in [5.41, 5.74) is 2.80. The van der Waals surface area contributed by atoms with Gasteiger partial charge in [0.15, 0.2) is 0 Å². The van der Waals surface area contributed by atoms with Crippen LogP contribution < -0.4 is 4.90 Å². The summed E-state index contributed by atoms with van der Waals surface area (Å²) in [5, 5.41) is 9.30. The van der Waals surface area contributed by atoms with Crippen molar-refractivity contribution >= 4 is 11.8 Å². The Hall–Kier alpha value is -2.29. The topological polar surface area (TPSA) is 40.5 Å². The number of benzene rings is 2. The highest BCUT2D eigenvalue weighted by molar-refractivity contribution is 5.85. The van der Waals surface area contributed by atoms with E-state index in [1.54, 1.807) is 12.1 Å². The fourth-order valence-corrected chi connectivity index (χ4v) is 1.84. The maximum absolute atomic E-state index is 11.3. The Bertz CT molecular complexity index is 537. The molecule has 0 aromatic heterocycles. The molecular formula is C15H15NO2. The highest BCUT2D eigenvalue weighted by atomic mass is 16.4. The van der Waals surface area contributed by atoms with Gasteiger partial charge >= 0.3 is 6.09 Å². The lowest BCUT2D eigenvalue weighted by Crippen LogP contribution is -2.28. The summed E-state index contributed by atoms with van der Waals surface area (Å²) in [6, 6.07) is 17.0. The van der Waals surface area contributed by atoms with Crippen molar-refractivity contribution in [2.45, 2.75) is 13.5 Å². The van der Waals surface area contributed by atoms with E-state index in [1.165, 1.54) is 4.90 Å². The zero-order chi connectivity index (χ0) is 13.0. The minimum atomic E-state index is -0.940. The van der Waals surface area contributed by atoms with Crippen molar-refractivity contribution in [1.82, 2.24) is 0 Å². The molecule has 18 heavy (non-hydrogen) atoms. The second-order valence-corrected chi connectivity index (χ2v) is 4.13. The average molecular weight is 241 g/mol. The molecular weight excluding hydrogens is 226 g/mol. The summed E-state index contributed by atoms with van der Waals surface area (Å²) >= 11 is 0. The number of hydrogen-bond acceptors (Lipinski definition) is 1. The lowest BCUT2D eigenvalue weighted by atomic mass is 10.1. The molecule has 0 radical (unpaired) electrons. The van der Waals surface area contributed by atoms with Crippen molar-refractivity contribution < 1.29 is 9.90 Å². The van der Waals surface area contributed by atoms with Gasteiger partial charge in [-0.25, -0.2) is 4.79 Å². The van der Waals surface area contributed by atoms with Crippen molar-refractivity contribution in [3.63, 3.8) is 0 Å². The summed E-state index contributed by atoms with van der Waals surface area (Å²) in [6.45, 7) is 2.35. The molecule has 0 fully saturated rings. The van der Waals surface area contributed by atoms with Crippen LogP contribution in [-0.2, 0) is 6.54 Å². The molecule has 3 heteroatoms. The van der Waals surface area contributed by atoms with Crippen molar-refractivity contribution in [2.75, 3.05) is 4.90 Å². The number of nitrogens with zero attached hydrogens (tertiary/aromatic N) is 1. The van der Waals surface area contributed by atoms with Crippen LogP contribution in [0, 0.1) is 6.92 Å². The molecule has 0 aliphatic heterocycles. The predicted octanol–water partition coefficient (Wildman–Crippen LogP) is 3.68. The third-order valence-corrected chi connectivity index (χ3v) is 2.89. The van der Waals surface area contributed by atoms with Gasteiger partial charge in [-0.3, -0.25) is 4.90 Å². The van der Waals surface area contributed by atoms with Crippen LogP contribution in [0.4, 0.5) is 10.5 Å². The van der Waals surface area contributed by atoms with E-state index in [-0.39, 0.29) is 0 Å². The summed E-state index contributed by atoms with van der Waals surface area (Å²) in [6.07, 6.45) is -0.940. The minimum Gasteiger partial charge on any atom is -0.465 e. The Morgan fingerprint density at radius 1 is 1.06 bits per heavy atom. The zero-order valence-electron chi connectivity index (χ0n) is 10.2. The Morgan fingerprint density at radius 3 is 2.28 bits per heavy atom. The molecule has 0 spiro atoms. The van der Waals surface area contributed by atoms with E-state index in [9.17, 15) is 9.90 Å². The number of carbonyl (C=O) groups is 1. The number of amides is 1. The van der Waals surface area contributed by atoms with Gasteiger partial charge in [0.1, 0.15) is 0 Å². The summed E-state index contributed by atoms with van der Waals surface area (Å²) < 4.78 is 0. The van der Waals surface area contributed by atoms with Crippen LogP contribution in [0.1, 0.15) is 11.1 Å². The molecule has 1 amide bonds. The van der Waals surface area contributed by atoms with E-state index in [0.29, 0.717) is 12.2 Å². The van der Waals surface area contributed by atoms with Gasteiger partial charge in [0.2, 0.25) is 0 Å². The zero-order valence-corrected chi connectivity index (χ0v) is 10.2. The first-order valence-corrected chi connectivity index (χ1v) is 5.78. The summed E-state index contributed by atoms with van der Waals surface area (Å²) in [5.74, 6) is 0. The van der Waals surface area contributed by atoms with Gasteiger partial charge in [0.05, 0.1) is 6.54 Å². The minimum absolute atomic E-state index is 0.367. The molecule has 2 rings (SSSR count). The second kappa shape index (κ2) is 5.36. The van der Waals surface area contributed by atoms with Gasteiger partial charge in [-0.05, 0) is 30.2 Å². The van der Waals surface area contributed by atoms with Crippen LogP contribution in [-0.4, -0.2) is 11.2 Å². The fraction of sp³-hybridized carbons (Fsp3) is 0.133. The Kier molecular flexibility index (Phi) is 3.63. The van der Waals surface area contributed by atoms with Crippen LogP contribution in [0.25, 0.3) is 0 Å². The van der Waals surface area contributed by atoms with Crippen LogP contribution in [0.2, 0.25) is 0 Å². The van der Waals surface area contributed by atoms with Crippen LogP contribution in [0.5, 0.6) is 0 Å². The van der Waals surface area contributed by atoms with Gasteiger partial charge in [-0.1, -0.05) is 42.5 Å². The van der Waals surface area contributed by atoms with E-state index in [1.807, 2.05) is 49.4 Å². The highest BCUT2D eigenvalue weighted by Crippen LogP contribution is 2.18. The van der Waals surface area contributed by atoms with Gasteiger partial charge in [0, 0.05) is 5.69 Å². The quantitative estimate of drug-likeness (QED) is 0.890. The number of hydrogen-bond donors (Lipinski definition) is 1. The smallest absolute Gasteiger partial charge is 0.412 e. The molecule has 0 unspecified atom stereocenters. The lowest BCUT2D eigenvalue weighted by molar-refractivity contribution is 0.201. The number of rotatable bonds is 3. The maximum atomic E-state index is 11.3. The third-order valence-electron chi connectivity index (χ3n) is 2.89. The SMILES string of the molecule is Cc1ccccc1CN(C(=O)O)c1ccccc1. The molecule has 2 aromatic rings. The number of para-hydroxylation sites is 1. The van der Waals surface area contributed by atoms with Crippen LogP contribution in [0.3, 0.4) is 0 Å². The number of carboxylic acid groups (broad SMARTS) is 1. The molecule has 3 nitrogen and oxygen atoms in total. The Balaban J connectivity index is 2.28. The first-order chi connectivity index (χ1) is 8.68. The van der Waals surface area contributed by atoms with Gasteiger partial charge < -0.3 is 5.11 Å². The molecule has 0 saturated carbocycles. The van der Waals surface area contributed by atoms with Gasteiger partial charge in [-0.15, -0.1) is 0 Å². The fourth-order valence-electron chi connectivity index (χ4n) is 1.84. The molecule has 0 saturated heterocycles. The molecule has 1 N–H and O–H groups in total. The van der Waals surface area contributed by atoms with Gasteiger partial charge in [0.25, 0.3) is 0 Å². The molecule has 0 aliphatic rings. The maximum Gasteiger partial charge on any atom is 0.412 e. The summed E-state index contributed by atoms with van der Waals surface area (Å²) in [7, 11) is 0. The molecule has 0 aliphatic carbocycles. The molecule has 92 valence electrons. The largest absolute Gasteiger partial charge is 0.465 e. The molecule has 0 heterocycles. The number of anilines is 1. The third kappa shape index (κ3) is 2.69. The van der Waals surface area contributed by atoms with E-state index < -0.39 is 6.09 Å². The van der Waals surface area contributed by atoms with Crippen molar-refractivity contribution in [1.29, 1.82) is 0 Å². The van der Waals surface area contributed by atoms with Crippen molar-refractivity contribution in [3.05, 3.63) is 65.7 Å². The van der Waals surface area contributed by atoms with Crippen LogP contribution in [0.15, 0.2) is 54.6 Å². The highest BCUT2D eigenvalue weighted by Gasteiger charge is 2.15. The average Bonchev–Trinajstić information content (AvgIpc) is 2.38. The monoisotopic (exact) mass is 241 g/mol. The molecule has 0 atom stereocenters. The number of aryl methyl sites for hydroxylation is 1. The second-order valence-electron chi connectivity index (χ2n) is 4.13. The van der Waals surface area contributed by atoms with E-state index in [0.717, 1.165) is 11.1 Å². The lowest BCUT2D eigenvalue weighted by Gasteiger charge is -2.20. The predicted molar refractivity (Wildman–Crippen MR) is 71.8 cm³/mol. The first-order valence-electron chi connectivity index (χ1n) is 5.78. The molecule has 0 bridgehead atoms. The van der Waals surface area contributed by atoms with E-state index >= 15 is 0 Å². The molecule has 2 aromatic carbocycles. The van der Waals surface area contributed by atoms with Crippen LogP contribution >= 0.6 is 0 Å². The standard InChI is InChI=1S/C15H15NO2/c1-12-7-5-6-8-13(12)11-16(15(17)18)14-9-3-2-4-10-14/h2-10H,11H2,1H3,(H,17,18).